The van der Waals surface area contributed by atoms with Gasteiger partial charge in [-0.15, -0.1) is 0 Å². The van der Waals surface area contributed by atoms with E-state index in [1.165, 1.54) is 25.5 Å². The van der Waals surface area contributed by atoms with Crippen molar-refractivity contribution in [3.8, 4) is 0 Å². The van der Waals surface area contributed by atoms with E-state index >= 15 is 0 Å². The normalized spacial score (nSPS) is 37.0. The summed E-state index contributed by atoms with van der Waals surface area (Å²) in [6.45, 7) is 7.08. The van der Waals surface area contributed by atoms with Crippen LogP contribution < -0.4 is 5.32 Å². The maximum atomic E-state index is 11.6. The topological polar surface area (TPSA) is 49.4 Å². The summed E-state index contributed by atoms with van der Waals surface area (Å²) >= 11 is 0. The second-order valence-corrected chi connectivity index (χ2v) is 8.98. The zero-order valence-corrected chi connectivity index (χ0v) is 14.0. The molecule has 1 N–H and O–H groups in total. The lowest BCUT2D eigenvalue weighted by molar-refractivity contribution is 0.205. The molecule has 0 aromatic heterocycles. The molecule has 118 valence electrons. The molecular formula is C15H30N2O2S. The van der Waals surface area contributed by atoms with Crippen LogP contribution >= 0.6 is 0 Å². The number of nitrogens with one attached hydrogen (secondary N) is 1. The Bertz CT molecular complexity index is 410. The Hall–Kier alpha value is -0.130. The number of hydrogen-bond acceptors (Lipinski definition) is 3. The Morgan fingerprint density at radius 2 is 1.90 bits per heavy atom. The molecule has 20 heavy (non-hydrogen) atoms. The zero-order chi connectivity index (χ0) is 14.8. The second kappa shape index (κ2) is 6.75. The highest BCUT2D eigenvalue weighted by Crippen LogP contribution is 2.29. The van der Waals surface area contributed by atoms with E-state index in [9.17, 15) is 8.42 Å². The van der Waals surface area contributed by atoms with Gasteiger partial charge >= 0.3 is 0 Å². The highest BCUT2D eigenvalue weighted by Gasteiger charge is 2.28. The minimum absolute atomic E-state index is 0.480. The molecule has 0 spiro atoms. The molecule has 4 unspecified atom stereocenters. The first-order valence-electron chi connectivity index (χ1n) is 8.04. The lowest BCUT2D eigenvalue weighted by Crippen LogP contribution is -2.45. The summed E-state index contributed by atoms with van der Waals surface area (Å²) in [6, 6.07) is 0.634. The number of hydrogen-bond donors (Lipinski definition) is 1. The fraction of sp³-hybridized carbons (Fsp3) is 1.00. The van der Waals surface area contributed by atoms with Gasteiger partial charge in [-0.05, 0) is 56.4 Å². The number of rotatable bonds is 4. The molecular weight excluding hydrogens is 272 g/mol. The summed E-state index contributed by atoms with van der Waals surface area (Å²) in [4.78, 5) is 0. The summed E-state index contributed by atoms with van der Waals surface area (Å²) in [5, 5.41) is 3.69. The molecule has 4 nitrogen and oxygen atoms in total. The second-order valence-electron chi connectivity index (χ2n) is 7.00. The fourth-order valence-corrected chi connectivity index (χ4v) is 4.50. The minimum atomic E-state index is -3.01. The van der Waals surface area contributed by atoms with Crippen molar-refractivity contribution in [2.24, 2.45) is 17.8 Å². The van der Waals surface area contributed by atoms with Crippen LogP contribution in [0.1, 0.15) is 46.0 Å². The highest BCUT2D eigenvalue weighted by molar-refractivity contribution is 7.88. The molecule has 1 aliphatic carbocycles. The van der Waals surface area contributed by atoms with Gasteiger partial charge in [0.15, 0.2) is 0 Å². The van der Waals surface area contributed by atoms with Crippen LogP contribution in [0.4, 0.5) is 0 Å². The molecule has 2 fully saturated rings. The van der Waals surface area contributed by atoms with E-state index in [1.807, 2.05) is 0 Å². The lowest BCUT2D eigenvalue weighted by atomic mass is 9.79. The Labute approximate surface area is 124 Å². The van der Waals surface area contributed by atoms with Gasteiger partial charge in [0, 0.05) is 19.1 Å². The van der Waals surface area contributed by atoms with E-state index in [0.717, 1.165) is 31.2 Å². The molecule has 0 aromatic carbocycles. The van der Waals surface area contributed by atoms with E-state index in [-0.39, 0.29) is 0 Å². The molecule has 1 aliphatic heterocycles. The van der Waals surface area contributed by atoms with Crippen LogP contribution in [0.5, 0.6) is 0 Å². The van der Waals surface area contributed by atoms with Crippen LogP contribution in [-0.2, 0) is 10.0 Å². The summed E-state index contributed by atoms with van der Waals surface area (Å²) in [5.74, 6) is 2.14. The third-order valence-corrected chi connectivity index (χ3v) is 6.51. The van der Waals surface area contributed by atoms with Gasteiger partial charge in [-0.3, -0.25) is 0 Å². The van der Waals surface area contributed by atoms with Crippen molar-refractivity contribution in [3.05, 3.63) is 0 Å². The quantitative estimate of drug-likeness (QED) is 0.865. The van der Waals surface area contributed by atoms with Crippen molar-refractivity contribution in [2.75, 3.05) is 25.9 Å². The van der Waals surface area contributed by atoms with Crippen LogP contribution in [0, 0.1) is 17.8 Å². The predicted octanol–water partition coefficient (Wildman–Crippen LogP) is 2.07. The van der Waals surface area contributed by atoms with Gasteiger partial charge in [-0.25, -0.2) is 12.7 Å². The Balaban J connectivity index is 1.77. The molecule has 1 saturated heterocycles. The van der Waals surface area contributed by atoms with Crippen molar-refractivity contribution in [3.63, 3.8) is 0 Å². The third-order valence-electron chi connectivity index (χ3n) is 5.24. The highest BCUT2D eigenvalue weighted by atomic mass is 32.2. The molecule has 2 rings (SSSR count). The molecule has 0 amide bonds. The summed E-state index contributed by atoms with van der Waals surface area (Å²) in [5.41, 5.74) is 0. The van der Waals surface area contributed by atoms with Crippen LogP contribution in [0.25, 0.3) is 0 Å². The SMILES string of the molecule is CC1CCC(NCC2CCCN(S(C)(=O)=O)C2)CC1C. The molecule has 0 aromatic rings. The molecule has 4 atom stereocenters. The van der Waals surface area contributed by atoms with E-state index in [4.69, 9.17) is 0 Å². The van der Waals surface area contributed by atoms with E-state index < -0.39 is 10.0 Å². The Kier molecular flexibility index (Phi) is 5.49. The molecule has 1 saturated carbocycles. The molecule has 5 heteroatoms. The summed E-state index contributed by atoms with van der Waals surface area (Å²) < 4.78 is 24.9. The van der Waals surface area contributed by atoms with Gasteiger partial charge in [-0.1, -0.05) is 13.8 Å². The number of piperidine rings is 1. The zero-order valence-electron chi connectivity index (χ0n) is 13.1. The fourth-order valence-electron chi connectivity index (χ4n) is 3.56. The summed E-state index contributed by atoms with van der Waals surface area (Å²) in [6.07, 6.45) is 7.33. The smallest absolute Gasteiger partial charge is 0.211 e. The number of nitrogens with zero attached hydrogens (tertiary/aromatic N) is 1. The average Bonchev–Trinajstić information content (AvgIpc) is 2.39. The number of sulfonamides is 1. The standard InChI is InChI=1S/C15H30N2O2S/c1-12-6-7-15(9-13(12)2)16-10-14-5-4-8-17(11-14)20(3,18)19/h12-16H,4-11H2,1-3H3. The van der Waals surface area contributed by atoms with Crippen LogP contribution in [0.2, 0.25) is 0 Å². The first kappa shape index (κ1) is 16.2. The lowest BCUT2D eigenvalue weighted by Gasteiger charge is -2.35. The largest absolute Gasteiger partial charge is 0.314 e. The Morgan fingerprint density at radius 3 is 2.55 bits per heavy atom. The van der Waals surface area contributed by atoms with Crippen molar-refractivity contribution >= 4 is 10.0 Å². The van der Waals surface area contributed by atoms with Crippen molar-refractivity contribution in [1.82, 2.24) is 9.62 Å². The van der Waals surface area contributed by atoms with Gasteiger partial charge in [-0.2, -0.15) is 0 Å². The van der Waals surface area contributed by atoms with Crippen LogP contribution in [-0.4, -0.2) is 44.7 Å². The van der Waals surface area contributed by atoms with E-state index in [1.54, 1.807) is 4.31 Å². The van der Waals surface area contributed by atoms with Crippen molar-refractivity contribution in [1.29, 1.82) is 0 Å². The van der Waals surface area contributed by atoms with Gasteiger partial charge < -0.3 is 5.32 Å². The molecule has 0 radical (unpaired) electrons. The summed E-state index contributed by atoms with van der Waals surface area (Å²) in [7, 11) is -3.01. The maximum Gasteiger partial charge on any atom is 0.211 e. The van der Waals surface area contributed by atoms with Gasteiger partial charge in [0.1, 0.15) is 0 Å². The molecule has 0 bridgehead atoms. The first-order valence-corrected chi connectivity index (χ1v) is 9.89. The monoisotopic (exact) mass is 302 g/mol. The predicted molar refractivity (Wildman–Crippen MR) is 83.1 cm³/mol. The van der Waals surface area contributed by atoms with Crippen LogP contribution in [0.3, 0.4) is 0 Å². The maximum absolute atomic E-state index is 11.6. The van der Waals surface area contributed by atoms with Gasteiger partial charge in [0.05, 0.1) is 6.26 Å². The minimum Gasteiger partial charge on any atom is -0.314 e. The van der Waals surface area contributed by atoms with Crippen molar-refractivity contribution < 1.29 is 8.42 Å². The van der Waals surface area contributed by atoms with Gasteiger partial charge in [0.25, 0.3) is 0 Å². The van der Waals surface area contributed by atoms with Crippen molar-refractivity contribution in [2.45, 2.75) is 52.0 Å². The van der Waals surface area contributed by atoms with Gasteiger partial charge in [0.2, 0.25) is 10.0 Å². The Morgan fingerprint density at radius 1 is 1.15 bits per heavy atom. The average molecular weight is 302 g/mol. The first-order chi connectivity index (χ1) is 9.36. The van der Waals surface area contributed by atoms with E-state index in [0.29, 0.717) is 25.0 Å². The van der Waals surface area contributed by atoms with Crippen LogP contribution in [0.15, 0.2) is 0 Å². The van der Waals surface area contributed by atoms with E-state index in [2.05, 4.69) is 19.2 Å². The molecule has 2 aliphatic rings. The third kappa shape index (κ3) is 4.43. The molecule has 1 heterocycles.